The molecule has 0 aliphatic carbocycles. The van der Waals surface area contributed by atoms with Crippen LogP contribution >= 0.6 is 0 Å². The third kappa shape index (κ3) is 4.32. The Labute approximate surface area is 117 Å². The summed E-state index contributed by atoms with van der Waals surface area (Å²) in [5.74, 6) is 0. The molecule has 0 unspecified atom stereocenters. The minimum Gasteiger partial charge on any atom is -0.208 e. The molecule has 1 N–H and O–H groups in total. The van der Waals surface area contributed by atoms with Gasteiger partial charge in [-0.25, -0.2) is 13.1 Å². The molecule has 0 saturated heterocycles. The predicted molar refractivity (Wildman–Crippen MR) is 79.8 cm³/mol. The number of rotatable bonds is 5. The van der Waals surface area contributed by atoms with Crippen molar-refractivity contribution in [1.82, 2.24) is 4.72 Å². The Balaban J connectivity index is 2.97. The van der Waals surface area contributed by atoms with Crippen LogP contribution in [0.5, 0.6) is 0 Å². The van der Waals surface area contributed by atoms with E-state index in [0.717, 1.165) is 18.4 Å². The zero-order chi connectivity index (χ0) is 14.7. The first-order valence-electron chi connectivity index (χ1n) is 6.83. The molecule has 0 atom stereocenters. The first-order valence-corrected chi connectivity index (χ1v) is 8.32. The van der Waals surface area contributed by atoms with Crippen molar-refractivity contribution >= 4 is 10.0 Å². The molecule has 19 heavy (non-hydrogen) atoms. The summed E-state index contributed by atoms with van der Waals surface area (Å²) in [7, 11) is -3.40. The standard InChI is InChI=1S/C15H25NO2S/c1-6-13(7-2)16-19(17,18)14-10-8-12(9-11-14)15(3,4)5/h8-11,13,16H,6-7H2,1-5H3. The molecule has 108 valence electrons. The highest BCUT2D eigenvalue weighted by Crippen LogP contribution is 2.23. The van der Waals surface area contributed by atoms with E-state index in [0.29, 0.717) is 4.90 Å². The van der Waals surface area contributed by atoms with Crippen molar-refractivity contribution < 1.29 is 8.42 Å². The van der Waals surface area contributed by atoms with Gasteiger partial charge in [0.05, 0.1) is 4.90 Å². The zero-order valence-electron chi connectivity index (χ0n) is 12.5. The summed E-state index contributed by atoms with van der Waals surface area (Å²) in [5.41, 5.74) is 1.17. The highest BCUT2D eigenvalue weighted by molar-refractivity contribution is 7.89. The fourth-order valence-electron chi connectivity index (χ4n) is 1.88. The van der Waals surface area contributed by atoms with Crippen molar-refractivity contribution in [2.45, 2.75) is 63.8 Å². The van der Waals surface area contributed by atoms with Crippen molar-refractivity contribution in [2.75, 3.05) is 0 Å². The summed E-state index contributed by atoms with van der Waals surface area (Å²) >= 11 is 0. The lowest BCUT2D eigenvalue weighted by Crippen LogP contribution is -2.33. The monoisotopic (exact) mass is 283 g/mol. The Morgan fingerprint density at radius 1 is 1.05 bits per heavy atom. The second-order valence-electron chi connectivity index (χ2n) is 5.91. The number of nitrogens with one attached hydrogen (secondary N) is 1. The van der Waals surface area contributed by atoms with Gasteiger partial charge in [-0.15, -0.1) is 0 Å². The van der Waals surface area contributed by atoms with Gasteiger partial charge >= 0.3 is 0 Å². The number of hydrogen-bond acceptors (Lipinski definition) is 2. The smallest absolute Gasteiger partial charge is 0.208 e. The highest BCUT2D eigenvalue weighted by Gasteiger charge is 2.19. The maximum atomic E-state index is 12.2. The summed E-state index contributed by atoms with van der Waals surface area (Å²) in [6.45, 7) is 10.3. The van der Waals surface area contributed by atoms with E-state index in [1.165, 1.54) is 0 Å². The second-order valence-corrected chi connectivity index (χ2v) is 7.62. The van der Waals surface area contributed by atoms with Gasteiger partial charge in [-0.05, 0) is 36.0 Å². The lowest BCUT2D eigenvalue weighted by atomic mass is 9.87. The Hall–Kier alpha value is -0.870. The molecule has 0 aliphatic rings. The van der Waals surface area contributed by atoms with E-state index in [9.17, 15) is 8.42 Å². The fraction of sp³-hybridized carbons (Fsp3) is 0.600. The van der Waals surface area contributed by atoms with Crippen LogP contribution in [0.1, 0.15) is 53.0 Å². The van der Waals surface area contributed by atoms with Crippen LogP contribution in [0.3, 0.4) is 0 Å². The van der Waals surface area contributed by atoms with E-state index in [4.69, 9.17) is 0 Å². The summed E-state index contributed by atoms with van der Waals surface area (Å²) in [4.78, 5) is 0.340. The van der Waals surface area contributed by atoms with Crippen LogP contribution in [0.25, 0.3) is 0 Å². The van der Waals surface area contributed by atoms with Crippen LogP contribution in [0.2, 0.25) is 0 Å². The van der Waals surface area contributed by atoms with Gasteiger partial charge in [-0.1, -0.05) is 46.8 Å². The quantitative estimate of drug-likeness (QED) is 0.899. The second kappa shape index (κ2) is 6.06. The van der Waals surface area contributed by atoms with E-state index in [-0.39, 0.29) is 11.5 Å². The number of hydrogen-bond donors (Lipinski definition) is 1. The largest absolute Gasteiger partial charge is 0.240 e. The molecule has 0 fully saturated rings. The van der Waals surface area contributed by atoms with Crippen molar-refractivity contribution in [3.63, 3.8) is 0 Å². The van der Waals surface area contributed by atoms with E-state index in [1.54, 1.807) is 12.1 Å². The summed E-state index contributed by atoms with van der Waals surface area (Å²) < 4.78 is 27.2. The van der Waals surface area contributed by atoms with Crippen LogP contribution in [-0.2, 0) is 15.4 Å². The normalized spacial score (nSPS) is 12.9. The summed E-state index contributed by atoms with van der Waals surface area (Å²) in [5, 5.41) is 0. The zero-order valence-corrected chi connectivity index (χ0v) is 13.3. The van der Waals surface area contributed by atoms with Crippen molar-refractivity contribution in [2.24, 2.45) is 0 Å². The van der Waals surface area contributed by atoms with Crippen molar-refractivity contribution in [3.05, 3.63) is 29.8 Å². The predicted octanol–water partition coefficient (Wildman–Crippen LogP) is 3.45. The maximum absolute atomic E-state index is 12.2. The van der Waals surface area contributed by atoms with Gasteiger partial charge < -0.3 is 0 Å². The summed E-state index contributed by atoms with van der Waals surface area (Å²) in [6, 6.07) is 7.16. The molecule has 0 saturated carbocycles. The van der Waals surface area contributed by atoms with Crippen molar-refractivity contribution in [3.8, 4) is 0 Å². The molecule has 0 radical (unpaired) electrons. The van der Waals surface area contributed by atoms with Gasteiger partial charge in [-0.3, -0.25) is 0 Å². The van der Waals surface area contributed by atoms with Crippen LogP contribution in [0.4, 0.5) is 0 Å². The molecule has 1 aromatic rings. The van der Waals surface area contributed by atoms with Crippen molar-refractivity contribution in [1.29, 1.82) is 0 Å². The molecular weight excluding hydrogens is 258 g/mol. The molecule has 0 amide bonds. The highest BCUT2D eigenvalue weighted by atomic mass is 32.2. The van der Waals surface area contributed by atoms with Crippen LogP contribution in [0, 0.1) is 0 Å². The Morgan fingerprint density at radius 3 is 1.89 bits per heavy atom. The van der Waals surface area contributed by atoms with Gasteiger partial charge in [0, 0.05) is 6.04 Å². The van der Waals surface area contributed by atoms with E-state index < -0.39 is 10.0 Å². The third-order valence-electron chi connectivity index (χ3n) is 3.34. The lowest BCUT2D eigenvalue weighted by Gasteiger charge is -2.20. The lowest BCUT2D eigenvalue weighted by molar-refractivity contribution is 0.530. The van der Waals surface area contributed by atoms with E-state index in [2.05, 4.69) is 25.5 Å². The Morgan fingerprint density at radius 2 is 1.53 bits per heavy atom. The molecule has 0 heterocycles. The number of benzene rings is 1. The molecule has 1 aromatic carbocycles. The van der Waals surface area contributed by atoms with E-state index >= 15 is 0 Å². The van der Waals surface area contributed by atoms with Crippen LogP contribution in [-0.4, -0.2) is 14.5 Å². The fourth-order valence-corrected chi connectivity index (χ4v) is 3.28. The molecule has 0 aliphatic heterocycles. The minimum absolute atomic E-state index is 0.00675. The third-order valence-corrected chi connectivity index (χ3v) is 4.87. The molecule has 0 bridgehead atoms. The molecule has 0 spiro atoms. The van der Waals surface area contributed by atoms with Gasteiger partial charge in [-0.2, -0.15) is 0 Å². The van der Waals surface area contributed by atoms with Crippen LogP contribution < -0.4 is 4.72 Å². The Kier molecular flexibility index (Phi) is 5.16. The van der Waals surface area contributed by atoms with Gasteiger partial charge in [0.15, 0.2) is 0 Å². The topological polar surface area (TPSA) is 46.2 Å². The first kappa shape index (κ1) is 16.2. The first-order chi connectivity index (χ1) is 8.70. The molecule has 1 rings (SSSR count). The molecule has 4 heteroatoms. The van der Waals surface area contributed by atoms with Gasteiger partial charge in [0.1, 0.15) is 0 Å². The molecule has 3 nitrogen and oxygen atoms in total. The average Bonchev–Trinajstić information content (AvgIpc) is 2.35. The number of sulfonamides is 1. The average molecular weight is 283 g/mol. The molecule has 0 aromatic heterocycles. The van der Waals surface area contributed by atoms with E-state index in [1.807, 2.05) is 26.0 Å². The van der Waals surface area contributed by atoms with Gasteiger partial charge in [0.25, 0.3) is 0 Å². The maximum Gasteiger partial charge on any atom is 0.240 e. The SMILES string of the molecule is CCC(CC)NS(=O)(=O)c1ccc(C(C)(C)C)cc1. The van der Waals surface area contributed by atoms with Crippen LogP contribution in [0.15, 0.2) is 29.2 Å². The van der Waals surface area contributed by atoms with Gasteiger partial charge in [0.2, 0.25) is 10.0 Å². The minimum atomic E-state index is -3.40. The molecular formula is C15H25NO2S. The Bertz CT molecular complexity index is 494. The summed E-state index contributed by atoms with van der Waals surface area (Å²) in [6.07, 6.45) is 1.60.